The molecule has 0 aromatic carbocycles. The van der Waals surface area contributed by atoms with E-state index in [1.807, 2.05) is 13.2 Å². The molecule has 4 rings (SSSR count). The summed E-state index contributed by atoms with van der Waals surface area (Å²) in [5.74, 6) is 1.89. The number of nitriles is 1. The van der Waals surface area contributed by atoms with Crippen molar-refractivity contribution in [3.63, 3.8) is 0 Å². The zero-order valence-corrected chi connectivity index (χ0v) is 21.5. The van der Waals surface area contributed by atoms with Gasteiger partial charge in [0, 0.05) is 43.3 Å². The number of aryl methyl sites for hydroxylation is 2. The van der Waals surface area contributed by atoms with Crippen LogP contribution < -0.4 is 15.5 Å². The maximum Gasteiger partial charge on any atom is 0.410 e. The van der Waals surface area contributed by atoms with E-state index in [4.69, 9.17) is 9.72 Å². The zero-order valence-electron chi connectivity index (χ0n) is 20.7. The molecule has 1 fully saturated rings. The fraction of sp³-hybridized carbons (Fsp3) is 0.480. The summed E-state index contributed by atoms with van der Waals surface area (Å²) < 4.78 is 5.27. The second kappa shape index (κ2) is 11.9. The van der Waals surface area contributed by atoms with Crippen LogP contribution in [0.25, 0.3) is 0 Å². The van der Waals surface area contributed by atoms with E-state index >= 15 is 0 Å². The van der Waals surface area contributed by atoms with Crippen molar-refractivity contribution in [2.24, 2.45) is 0 Å². The van der Waals surface area contributed by atoms with E-state index in [0.717, 1.165) is 48.3 Å². The smallest absolute Gasteiger partial charge is 0.410 e. The highest BCUT2D eigenvalue weighted by Crippen LogP contribution is 2.29. The summed E-state index contributed by atoms with van der Waals surface area (Å²) in [4.78, 5) is 37.9. The number of amides is 3. The molecule has 0 atom stereocenters. The minimum absolute atomic E-state index is 0.289. The van der Waals surface area contributed by atoms with Crippen molar-refractivity contribution >= 4 is 41.2 Å². The van der Waals surface area contributed by atoms with E-state index in [2.05, 4.69) is 27.8 Å². The van der Waals surface area contributed by atoms with Gasteiger partial charge in [0.05, 0.1) is 24.4 Å². The standard InChI is InChI=1S/C25H31N7O3S/c1-17-19(16-31-8-3-4-10-35-25(31)34)12-18-6-5-9-32(23(18)29-17)24(33)30-22-13-21(27-7-11-36-2)20(14-26)15-28-22/h12-13,15H,3-11,16H2,1-2H3,(H2,27,28,30,33). The van der Waals surface area contributed by atoms with Crippen LogP contribution >= 0.6 is 11.8 Å². The molecule has 4 heterocycles. The number of hydrogen-bond donors (Lipinski definition) is 2. The number of nitrogens with one attached hydrogen (secondary N) is 2. The largest absolute Gasteiger partial charge is 0.449 e. The van der Waals surface area contributed by atoms with Crippen LogP contribution in [0.2, 0.25) is 0 Å². The summed E-state index contributed by atoms with van der Waals surface area (Å²) in [6.07, 6.45) is 6.59. The normalized spacial score (nSPS) is 15.4. The minimum Gasteiger partial charge on any atom is -0.449 e. The van der Waals surface area contributed by atoms with Crippen LogP contribution in [-0.2, 0) is 17.7 Å². The molecule has 2 aromatic heterocycles. The van der Waals surface area contributed by atoms with Crippen LogP contribution in [0.5, 0.6) is 0 Å². The number of urea groups is 1. The maximum absolute atomic E-state index is 13.2. The summed E-state index contributed by atoms with van der Waals surface area (Å²) in [6.45, 7) is 4.71. The molecular formula is C25H31N7O3S. The van der Waals surface area contributed by atoms with E-state index in [1.165, 1.54) is 6.20 Å². The number of pyridine rings is 2. The Morgan fingerprint density at radius 3 is 2.94 bits per heavy atom. The molecule has 190 valence electrons. The molecule has 0 aliphatic carbocycles. The summed E-state index contributed by atoms with van der Waals surface area (Å²) in [7, 11) is 0. The highest BCUT2D eigenvalue weighted by molar-refractivity contribution is 7.98. The molecule has 0 radical (unpaired) electrons. The molecule has 10 nitrogen and oxygen atoms in total. The highest BCUT2D eigenvalue weighted by atomic mass is 32.2. The molecule has 1 saturated heterocycles. The second-order valence-corrected chi connectivity index (χ2v) is 9.78. The number of cyclic esters (lactones) is 1. The lowest BCUT2D eigenvalue weighted by Gasteiger charge is -2.30. The first-order valence-corrected chi connectivity index (χ1v) is 13.5. The molecule has 2 aliphatic rings. The van der Waals surface area contributed by atoms with Crippen LogP contribution in [-0.4, -0.2) is 65.2 Å². The SMILES string of the molecule is CSCCNc1cc(NC(=O)N2CCCc3cc(CN4CCCCOC4=O)c(C)nc32)ncc1C#N. The number of ether oxygens (including phenoxy) is 1. The molecule has 2 aliphatic heterocycles. The number of hydrogen-bond acceptors (Lipinski definition) is 8. The summed E-state index contributed by atoms with van der Waals surface area (Å²) >= 11 is 1.70. The van der Waals surface area contributed by atoms with Crippen LogP contribution in [0.15, 0.2) is 18.3 Å². The topological polar surface area (TPSA) is 123 Å². The van der Waals surface area contributed by atoms with Crippen LogP contribution in [0.1, 0.15) is 41.6 Å². The van der Waals surface area contributed by atoms with Crippen molar-refractivity contribution in [2.45, 2.75) is 39.2 Å². The Morgan fingerprint density at radius 2 is 2.14 bits per heavy atom. The molecule has 0 unspecified atom stereocenters. The molecule has 0 spiro atoms. The van der Waals surface area contributed by atoms with E-state index < -0.39 is 0 Å². The predicted molar refractivity (Wildman–Crippen MR) is 140 cm³/mol. The lowest BCUT2D eigenvalue weighted by Crippen LogP contribution is -2.40. The maximum atomic E-state index is 13.2. The minimum atomic E-state index is -0.320. The first-order chi connectivity index (χ1) is 17.5. The molecule has 0 saturated carbocycles. The second-order valence-electron chi connectivity index (χ2n) is 8.79. The Bertz CT molecular complexity index is 1170. The van der Waals surface area contributed by atoms with E-state index in [1.54, 1.807) is 27.6 Å². The fourth-order valence-corrected chi connectivity index (χ4v) is 4.62. The monoisotopic (exact) mass is 509 g/mol. The fourth-order valence-electron chi connectivity index (χ4n) is 4.31. The van der Waals surface area contributed by atoms with Gasteiger partial charge < -0.3 is 15.0 Å². The summed E-state index contributed by atoms with van der Waals surface area (Å²) in [5, 5.41) is 15.5. The number of thioether (sulfide) groups is 1. The third kappa shape index (κ3) is 5.99. The average molecular weight is 510 g/mol. The Morgan fingerprint density at radius 1 is 1.28 bits per heavy atom. The van der Waals surface area contributed by atoms with Gasteiger partial charge in [0.25, 0.3) is 0 Å². The van der Waals surface area contributed by atoms with Gasteiger partial charge in [0.15, 0.2) is 0 Å². The van der Waals surface area contributed by atoms with Gasteiger partial charge in [-0.1, -0.05) is 0 Å². The van der Waals surface area contributed by atoms with E-state index in [-0.39, 0.29) is 12.1 Å². The van der Waals surface area contributed by atoms with Gasteiger partial charge in [-0.05, 0) is 56.1 Å². The zero-order chi connectivity index (χ0) is 25.5. The van der Waals surface area contributed by atoms with Gasteiger partial charge in [-0.2, -0.15) is 17.0 Å². The number of rotatable bonds is 7. The number of aromatic nitrogens is 2. The first-order valence-electron chi connectivity index (χ1n) is 12.1. The van der Waals surface area contributed by atoms with Gasteiger partial charge in [-0.25, -0.2) is 19.6 Å². The van der Waals surface area contributed by atoms with E-state index in [9.17, 15) is 14.9 Å². The third-order valence-corrected chi connectivity index (χ3v) is 6.86. The van der Waals surface area contributed by atoms with Crippen LogP contribution in [0.4, 0.5) is 26.9 Å². The molecule has 0 bridgehead atoms. The average Bonchev–Trinajstić information content (AvgIpc) is 3.08. The van der Waals surface area contributed by atoms with Crippen molar-refractivity contribution in [2.75, 3.05) is 53.8 Å². The van der Waals surface area contributed by atoms with Gasteiger partial charge in [-0.3, -0.25) is 10.2 Å². The van der Waals surface area contributed by atoms with Crippen molar-refractivity contribution in [3.05, 3.63) is 40.7 Å². The van der Waals surface area contributed by atoms with Gasteiger partial charge in [-0.15, -0.1) is 0 Å². The molecular weight excluding hydrogens is 478 g/mol. The molecule has 11 heteroatoms. The quantitative estimate of drug-likeness (QED) is 0.534. The van der Waals surface area contributed by atoms with Gasteiger partial charge >= 0.3 is 12.1 Å². The highest BCUT2D eigenvalue weighted by Gasteiger charge is 2.27. The van der Waals surface area contributed by atoms with Crippen LogP contribution in [0.3, 0.4) is 0 Å². The lowest BCUT2D eigenvalue weighted by molar-refractivity contribution is 0.113. The Labute approximate surface area is 215 Å². The first kappa shape index (κ1) is 25.6. The van der Waals surface area contributed by atoms with Crippen molar-refractivity contribution < 1.29 is 14.3 Å². The van der Waals surface area contributed by atoms with Crippen LogP contribution in [0, 0.1) is 18.3 Å². The number of nitrogens with zero attached hydrogens (tertiary/aromatic N) is 5. The summed E-state index contributed by atoms with van der Waals surface area (Å²) in [5.41, 5.74) is 3.79. The number of fused-ring (bicyclic) bond motifs is 1. The molecule has 2 N–H and O–H groups in total. The van der Waals surface area contributed by atoms with Gasteiger partial charge in [0.1, 0.15) is 17.7 Å². The lowest BCUT2D eigenvalue weighted by atomic mass is 10.0. The van der Waals surface area contributed by atoms with Gasteiger partial charge in [0.2, 0.25) is 0 Å². The van der Waals surface area contributed by atoms with E-state index in [0.29, 0.717) is 55.7 Å². The van der Waals surface area contributed by atoms with Crippen molar-refractivity contribution in [1.29, 1.82) is 5.26 Å². The Balaban J connectivity index is 1.50. The van der Waals surface area contributed by atoms with Crippen molar-refractivity contribution in [3.8, 4) is 6.07 Å². The number of carbonyl (C=O) groups excluding carboxylic acids is 2. The summed E-state index contributed by atoms with van der Waals surface area (Å²) in [6, 6.07) is 5.55. The molecule has 36 heavy (non-hydrogen) atoms. The molecule has 2 aromatic rings. The Hall–Kier alpha value is -3.52. The Kier molecular flexibility index (Phi) is 8.48. The van der Waals surface area contributed by atoms with Crippen molar-refractivity contribution in [1.82, 2.24) is 14.9 Å². The number of anilines is 3. The predicted octanol–water partition coefficient (Wildman–Crippen LogP) is 4.15. The molecule has 3 amide bonds. The number of carbonyl (C=O) groups is 2. The third-order valence-electron chi connectivity index (χ3n) is 6.25.